The standard InChI is InChI=1S/C12H13ClO3/c1-7-5-10-12(16-4-3-15-10)11(13)9(7)6-8(2)14/h5H,3-4,6H2,1-2H3. The van der Waals surface area contributed by atoms with Crippen molar-refractivity contribution in [3.63, 3.8) is 0 Å². The number of ether oxygens (including phenoxy) is 2. The number of Topliss-reactive ketones (excluding diaryl/α,β-unsaturated/α-hetero) is 1. The predicted octanol–water partition coefficient (Wildman–Crippen LogP) is 2.55. The van der Waals surface area contributed by atoms with Crippen LogP contribution < -0.4 is 9.47 Å². The van der Waals surface area contributed by atoms with E-state index in [9.17, 15) is 4.79 Å². The first-order valence-electron chi connectivity index (χ1n) is 5.16. The van der Waals surface area contributed by atoms with Crippen molar-refractivity contribution in [2.24, 2.45) is 0 Å². The van der Waals surface area contributed by atoms with E-state index >= 15 is 0 Å². The molecule has 2 rings (SSSR count). The van der Waals surface area contributed by atoms with E-state index in [0.717, 1.165) is 11.1 Å². The van der Waals surface area contributed by atoms with Crippen molar-refractivity contribution in [2.45, 2.75) is 20.3 Å². The lowest BCUT2D eigenvalue weighted by atomic mass is 10.0. The molecule has 3 nitrogen and oxygen atoms in total. The number of aryl methyl sites for hydroxylation is 1. The van der Waals surface area contributed by atoms with Gasteiger partial charge in [0.15, 0.2) is 11.5 Å². The molecule has 1 aliphatic heterocycles. The molecular formula is C12H13ClO3. The molecule has 0 aliphatic carbocycles. The minimum Gasteiger partial charge on any atom is -0.486 e. The molecule has 0 bridgehead atoms. The lowest BCUT2D eigenvalue weighted by Gasteiger charge is -2.22. The van der Waals surface area contributed by atoms with Gasteiger partial charge in [-0.05, 0) is 31.0 Å². The van der Waals surface area contributed by atoms with Gasteiger partial charge in [-0.15, -0.1) is 0 Å². The molecule has 0 N–H and O–H groups in total. The first kappa shape index (κ1) is 11.3. The van der Waals surface area contributed by atoms with Crippen LogP contribution in [0.5, 0.6) is 11.5 Å². The van der Waals surface area contributed by atoms with E-state index in [1.54, 1.807) is 6.92 Å². The molecule has 4 heteroatoms. The number of ketones is 1. The summed E-state index contributed by atoms with van der Waals surface area (Å²) in [6.45, 7) is 4.50. The Morgan fingerprint density at radius 3 is 2.81 bits per heavy atom. The van der Waals surface area contributed by atoms with Crippen LogP contribution in [-0.4, -0.2) is 19.0 Å². The third-order valence-electron chi connectivity index (χ3n) is 2.52. The summed E-state index contributed by atoms with van der Waals surface area (Å²) in [5.74, 6) is 1.32. The van der Waals surface area contributed by atoms with E-state index in [2.05, 4.69) is 0 Å². The minimum absolute atomic E-state index is 0.0849. The Kier molecular flexibility index (Phi) is 3.06. The Labute approximate surface area is 99.3 Å². The predicted molar refractivity (Wildman–Crippen MR) is 61.6 cm³/mol. The Morgan fingerprint density at radius 1 is 1.44 bits per heavy atom. The fraction of sp³-hybridized carbons (Fsp3) is 0.417. The fourth-order valence-corrected chi connectivity index (χ4v) is 2.13. The van der Waals surface area contributed by atoms with Crippen molar-refractivity contribution in [3.05, 3.63) is 22.2 Å². The topological polar surface area (TPSA) is 35.5 Å². The highest BCUT2D eigenvalue weighted by atomic mass is 35.5. The van der Waals surface area contributed by atoms with E-state index in [0.29, 0.717) is 36.2 Å². The molecule has 0 aromatic heterocycles. The van der Waals surface area contributed by atoms with E-state index < -0.39 is 0 Å². The quantitative estimate of drug-likeness (QED) is 0.797. The van der Waals surface area contributed by atoms with E-state index in [4.69, 9.17) is 21.1 Å². The summed E-state index contributed by atoms with van der Waals surface area (Å²) >= 11 is 6.22. The molecule has 0 saturated carbocycles. The first-order valence-corrected chi connectivity index (χ1v) is 5.54. The van der Waals surface area contributed by atoms with Crippen LogP contribution in [0.25, 0.3) is 0 Å². The summed E-state index contributed by atoms with van der Waals surface area (Å²) in [5, 5.41) is 0.505. The third kappa shape index (κ3) is 2.00. The maximum Gasteiger partial charge on any atom is 0.180 e. The number of halogens is 1. The molecule has 1 aromatic carbocycles. The molecule has 0 radical (unpaired) electrons. The summed E-state index contributed by atoms with van der Waals surface area (Å²) < 4.78 is 10.9. The van der Waals surface area contributed by atoms with E-state index in [1.807, 2.05) is 13.0 Å². The van der Waals surface area contributed by atoms with Gasteiger partial charge >= 0.3 is 0 Å². The highest BCUT2D eigenvalue weighted by Crippen LogP contribution is 2.41. The van der Waals surface area contributed by atoms with Gasteiger partial charge in [-0.2, -0.15) is 0 Å². The van der Waals surface area contributed by atoms with E-state index in [-0.39, 0.29) is 5.78 Å². The van der Waals surface area contributed by atoms with Crippen molar-refractivity contribution < 1.29 is 14.3 Å². The van der Waals surface area contributed by atoms with Crippen molar-refractivity contribution >= 4 is 17.4 Å². The highest BCUT2D eigenvalue weighted by Gasteiger charge is 2.20. The zero-order chi connectivity index (χ0) is 11.7. The molecule has 0 saturated heterocycles. The average molecular weight is 241 g/mol. The number of hydrogen-bond donors (Lipinski definition) is 0. The van der Waals surface area contributed by atoms with Crippen LogP contribution >= 0.6 is 11.6 Å². The van der Waals surface area contributed by atoms with Gasteiger partial charge in [0.05, 0.1) is 5.02 Å². The number of benzene rings is 1. The smallest absolute Gasteiger partial charge is 0.180 e. The highest BCUT2D eigenvalue weighted by molar-refractivity contribution is 6.33. The van der Waals surface area contributed by atoms with E-state index in [1.165, 1.54) is 0 Å². The number of fused-ring (bicyclic) bond motifs is 1. The number of carbonyl (C=O) groups is 1. The van der Waals surface area contributed by atoms with Crippen LogP contribution in [0.1, 0.15) is 18.1 Å². The number of rotatable bonds is 2. The van der Waals surface area contributed by atoms with Gasteiger partial charge in [-0.25, -0.2) is 0 Å². The van der Waals surface area contributed by atoms with Gasteiger partial charge in [0.2, 0.25) is 0 Å². The molecule has 16 heavy (non-hydrogen) atoms. The van der Waals surface area contributed by atoms with Gasteiger partial charge in [-0.3, -0.25) is 4.79 Å². The van der Waals surface area contributed by atoms with Crippen molar-refractivity contribution in [3.8, 4) is 11.5 Å². The van der Waals surface area contributed by atoms with Gasteiger partial charge in [0, 0.05) is 6.42 Å². The van der Waals surface area contributed by atoms with Gasteiger partial charge in [0.1, 0.15) is 19.0 Å². The van der Waals surface area contributed by atoms with Crippen LogP contribution in [0, 0.1) is 6.92 Å². The minimum atomic E-state index is 0.0849. The average Bonchev–Trinajstić information content (AvgIpc) is 2.24. The maximum atomic E-state index is 11.2. The largest absolute Gasteiger partial charge is 0.486 e. The lowest BCUT2D eigenvalue weighted by molar-refractivity contribution is -0.116. The monoisotopic (exact) mass is 240 g/mol. The third-order valence-corrected chi connectivity index (χ3v) is 2.92. The second-order valence-corrected chi connectivity index (χ2v) is 4.27. The molecule has 0 spiro atoms. The zero-order valence-corrected chi connectivity index (χ0v) is 10.1. The summed E-state index contributed by atoms with van der Waals surface area (Å²) in [5.41, 5.74) is 1.79. The molecule has 0 fully saturated rings. The van der Waals surface area contributed by atoms with Crippen LogP contribution in [0.3, 0.4) is 0 Å². The summed E-state index contributed by atoms with van der Waals surface area (Å²) in [7, 11) is 0. The van der Waals surface area contributed by atoms with Gasteiger partial charge in [0.25, 0.3) is 0 Å². The molecule has 0 atom stereocenters. The molecule has 86 valence electrons. The van der Waals surface area contributed by atoms with Crippen LogP contribution in [0.2, 0.25) is 5.02 Å². The van der Waals surface area contributed by atoms with Gasteiger partial charge in [-0.1, -0.05) is 11.6 Å². The van der Waals surface area contributed by atoms with Crippen molar-refractivity contribution in [2.75, 3.05) is 13.2 Å². The first-order chi connectivity index (χ1) is 7.59. The maximum absolute atomic E-state index is 11.2. The molecule has 1 heterocycles. The van der Waals surface area contributed by atoms with Crippen LogP contribution in [-0.2, 0) is 11.2 Å². The number of carbonyl (C=O) groups excluding carboxylic acids is 1. The second-order valence-electron chi connectivity index (χ2n) is 3.89. The van der Waals surface area contributed by atoms with Crippen molar-refractivity contribution in [1.29, 1.82) is 0 Å². The molecule has 1 aliphatic rings. The molecule has 0 amide bonds. The SMILES string of the molecule is CC(=O)Cc1c(C)cc2c(c1Cl)OCCO2. The Hall–Kier alpha value is -1.22. The molecule has 0 unspecified atom stereocenters. The van der Waals surface area contributed by atoms with Crippen molar-refractivity contribution in [1.82, 2.24) is 0 Å². The fourth-order valence-electron chi connectivity index (χ4n) is 1.77. The van der Waals surface area contributed by atoms with Crippen LogP contribution in [0.4, 0.5) is 0 Å². The Balaban J connectivity index is 2.49. The van der Waals surface area contributed by atoms with Gasteiger partial charge < -0.3 is 9.47 Å². The van der Waals surface area contributed by atoms with Crippen LogP contribution in [0.15, 0.2) is 6.07 Å². The number of hydrogen-bond acceptors (Lipinski definition) is 3. The summed E-state index contributed by atoms with van der Waals surface area (Å²) in [6, 6.07) is 1.87. The zero-order valence-electron chi connectivity index (χ0n) is 9.30. The normalized spacial score (nSPS) is 13.7. The summed E-state index contributed by atoms with van der Waals surface area (Å²) in [6.07, 6.45) is 0.335. The second kappa shape index (κ2) is 4.34. The Bertz CT molecular complexity index is 440. The Morgan fingerprint density at radius 2 is 2.12 bits per heavy atom. The molecular weight excluding hydrogens is 228 g/mol. The lowest BCUT2D eigenvalue weighted by Crippen LogP contribution is -2.16. The molecule has 1 aromatic rings. The summed E-state index contributed by atoms with van der Waals surface area (Å²) in [4.78, 5) is 11.2.